The molecule has 0 bridgehead atoms. The average Bonchev–Trinajstić information content (AvgIpc) is 2.20. The summed E-state index contributed by atoms with van der Waals surface area (Å²) in [4.78, 5) is 22.2. The highest BCUT2D eigenvalue weighted by Crippen LogP contribution is 2.11. The summed E-state index contributed by atoms with van der Waals surface area (Å²) >= 11 is 0. The van der Waals surface area contributed by atoms with Crippen LogP contribution in [0.25, 0.3) is 0 Å². The van der Waals surface area contributed by atoms with Gasteiger partial charge in [-0.3, -0.25) is 10.1 Å². The quantitative estimate of drug-likeness (QED) is 0.694. The fourth-order valence-corrected chi connectivity index (χ4v) is 1.55. The van der Waals surface area contributed by atoms with E-state index >= 15 is 0 Å². The van der Waals surface area contributed by atoms with E-state index in [4.69, 9.17) is 0 Å². The van der Waals surface area contributed by atoms with Crippen molar-refractivity contribution in [1.82, 2.24) is 10.6 Å². The molecule has 1 aromatic carbocycles. The van der Waals surface area contributed by atoms with Gasteiger partial charge in [0.2, 0.25) is 5.91 Å². The number of carbonyl (C=O) groups excluding carboxylic acids is 2. The molecular weight excluding hydrogens is 206 g/mol. The van der Waals surface area contributed by atoms with Crippen LogP contribution >= 0.6 is 0 Å². The van der Waals surface area contributed by atoms with Gasteiger partial charge in [0.15, 0.2) is 0 Å². The molecule has 0 aromatic heterocycles. The van der Waals surface area contributed by atoms with Crippen molar-refractivity contribution in [3.63, 3.8) is 0 Å². The summed E-state index contributed by atoms with van der Waals surface area (Å²) in [5.74, 6) is -0.270. The summed E-state index contributed by atoms with van der Waals surface area (Å²) in [6.07, 6.45) is -0.108. The monoisotopic (exact) mass is 219 g/mol. The van der Waals surface area contributed by atoms with E-state index in [2.05, 4.69) is 16.0 Å². The van der Waals surface area contributed by atoms with Crippen LogP contribution in [-0.4, -0.2) is 18.1 Å². The van der Waals surface area contributed by atoms with Crippen molar-refractivity contribution in [3.8, 4) is 0 Å². The second kappa shape index (κ2) is 4.22. The molecule has 1 aliphatic heterocycles. The first-order valence-corrected chi connectivity index (χ1v) is 5.07. The van der Waals surface area contributed by atoms with Gasteiger partial charge in [0.1, 0.15) is 6.17 Å². The van der Waals surface area contributed by atoms with Crippen LogP contribution in [0.2, 0.25) is 0 Å². The van der Waals surface area contributed by atoms with Crippen LogP contribution in [0, 0.1) is 6.92 Å². The Labute approximate surface area is 93.2 Å². The van der Waals surface area contributed by atoms with Gasteiger partial charge in [-0.25, -0.2) is 4.79 Å². The molecule has 0 saturated carbocycles. The van der Waals surface area contributed by atoms with Crippen LogP contribution < -0.4 is 16.0 Å². The van der Waals surface area contributed by atoms with Crippen molar-refractivity contribution >= 4 is 17.6 Å². The molecule has 5 heteroatoms. The van der Waals surface area contributed by atoms with Gasteiger partial charge in [-0.15, -0.1) is 0 Å². The summed E-state index contributed by atoms with van der Waals surface area (Å²) in [6, 6.07) is 7.29. The maximum absolute atomic E-state index is 11.1. The Bertz CT molecular complexity index is 398. The third-order valence-electron chi connectivity index (χ3n) is 2.34. The minimum atomic E-state index is -0.458. The van der Waals surface area contributed by atoms with Gasteiger partial charge < -0.3 is 10.6 Å². The lowest BCUT2D eigenvalue weighted by Crippen LogP contribution is -2.55. The Morgan fingerprint density at radius 3 is 2.56 bits per heavy atom. The fourth-order valence-electron chi connectivity index (χ4n) is 1.55. The van der Waals surface area contributed by atoms with Gasteiger partial charge in [0.05, 0.1) is 6.42 Å². The molecule has 2 rings (SSSR count). The minimum absolute atomic E-state index is 0.236. The van der Waals surface area contributed by atoms with E-state index in [0.717, 1.165) is 11.3 Å². The average molecular weight is 219 g/mol. The molecule has 3 N–H and O–H groups in total. The number of rotatable bonds is 2. The van der Waals surface area contributed by atoms with Crippen molar-refractivity contribution in [2.24, 2.45) is 0 Å². The molecule has 3 amide bonds. The molecule has 1 saturated heterocycles. The van der Waals surface area contributed by atoms with E-state index in [1.165, 1.54) is 0 Å². The van der Waals surface area contributed by atoms with Crippen molar-refractivity contribution in [2.75, 3.05) is 5.32 Å². The minimum Gasteiger partial charge on any atom is -0.365 e. The van der Waals surface area contributed by atoms with Crippen molar-refractivity contribution in [3.05, 3.63) is 29.8 Å². The molecule has 16 heavy (non-hydrogen) atoms. The number of amides is 3. The summed E-state index contributed by atoms with van der Waals surface area (Å²) in [5, 5.41) is 7.88. The van der Waals surface area contributed by atoms with E-state index in [1.54, 1.807) is 0 Å². The van der Waals surface area contributed by atoms with Gasteiger partial charge in [0.25, 0.3) is 0 Å². The Morgan fingerprint density at radius 2 is 1.94 bits per heavy atom. The second-order valence-corrected chi connectivity index (χ2v) is 3.79. The van der Waals surface area contributed by atoms with Crippen LogP contribution in [0.15, 0.2) is 24.3 Å². The van der Waals surface area contributed by atoms with Crippen LogP contribution in [0.5, 0.6) is 0 Å². The number of imide groups is 1. The molecule has 1 fully saturated rings. The maximum Gasteiger partial charge on any atom is 0.323 e. The SMILES string of the molecule is Cc1ccc(NC2CC(=O)NC(=O)N2)cc1. The zero-order valence-corrected chi connectivity index (χ0v) is 8.91. The highest BCUT2D eigenvalue weighted by atomic mass is 16.2. The standard InChI is InChI=1S/C11H13N3O2/c1-7-2-4-8(5-3-7)12-9-6-10(15)14-11(16)13-9/h2-5,9,12H,6H2,1H3,(H2,13,14,15,16). The zero-order chi connectivity index (χ0) is 11.5. The first kappa shape index (κ1) is 10.5. The van der Waals surface area contributed by atoms with Gasteiger partial charge in [-0.2, -0.15) is 0 Å². The van der Waals surface area contributed by atoms with Crippen LogP contribution in [0.3, 0.4) is 0 Å². The van der Waals surface area contributed by atoms with E-state index < -0.39 is 6.03 Å². The summed E-state index contributed by atoms with van der Waals surface area (Å²) in [6.45, 7) is 2.00. The maximum atomic E-state index is 11.1. The first-order valence-electron chi connectivity index (χ1n) is 5.07. The third-order valence-corrected chi connectivity index (χ3v) is 2.34. The first-order chi connectivity index (χ1) is 7.63. The summed E-state index contributed by atoms with van der Waals surface area (Å²) < 4.78 is 0. The smallest absolute Gasteiger partial charge is 0.323 e. The van der Waals surface area contributed by atoms with E-state index in [1.807, 2.05) is 31.2 Å². The molecule has 1 aromatic rings. The highest BCUT2D eigenvalue weighted by molar-refractivity contribution is 5.97. The summed E-state index contributed by atoms with van der Waals surface area (Å²) in [7, 11) is 0. The number of carbonyl (C=O) groups is 2. The fraction of sp³-hybridized carbons (Fsp3) is 0.273. The second-order valence-electron chi connectivity index (χ2n) is 3.79. The number of urea groups is 1. The predicted molar refractivity (Wildman–Crippen MR) is 59.9 cm³/mol. The molecule has 1 heterocycles. The molecule has 0 aliphatic carbocycles. The van der Waals surface area contributed by atoms with Crippen LogP contribution in [-0.2, 0) is 4.79 Å². The number of hydrogen-bond donors (Lipinski definition) is 3. The topological polar surface area (TPSA) is 70.2 Å². The van der Waals surface area contributed by atoms with Crippen LogP contribution in [0.4, 0.5) is 10.5 Å². The molecular formula is C11H13N3O2. The van der Waals surface area contributed by atoms with Gasteiger partial charge in [0, 0.05) is 5.69 Å². The number of aryl methyl sites for hydroxylation is 1. The highest BCUT2D eigenvalue weighted by Gasteiger charge is 2.23. The van der Waals surface area contributed by atoms with Gasteiger partial charge >= 0.3 is 6.03 Å². The Morgan fingerprint density at radius 1 is 1.25 bits per heavy atom. The largest absolute Gasteiger partial charge is 0.365 e. The summed E-state index contributed by atoms with van der Waals surface area (Å²) in [5.41, 5.74) is 2.04. The number of benzene rings is 1. The molecule has 1 unspecified atom stereocenters. The Balaban J connectivity index is 2.01. The van der Waals surface area contributed by atoms with E-state index in [9.17, 15) is 9.59 Å². The predicted octanol–water partition coefficient (Wildman–Crippen LogP) is 0.963. The number of nitrogens with one attached hydrogen (secondary N) is 3. The van der Waals surface area contributed by atoms with Gasteiger partial charge in [-0.1, -0.05) is 17.7 Å². The molecule has 1 aliphatic rings. The van der Waals surface area contributed by atoms with Crippen molar-refractivity contribution in [1.29, 1.82) is 0 Å². The Kier molecular flexibility index (Phi) is 2.76. The van der Waals surface area contributed by atoms with Crippen molar-refractivity contribution < 1.29 is 9.59 Å². The number of anilines is 1. The molecule has 5 nitrogen and oxygen atoms in total. The molecule has 1 atom stereocenters. The molecule has 0 spiro atoms. The lowest BCUT2D eigenvalue weighted by molar-refractivity contribution is -0.121. The molecule has 84 valence electrons. The molecule has 0 radical (unpaired) electrons. The van der Waals surface area contributed by atoms with Crippen molar-refractivity contribution in [2.45, 2.75) is 19.5 Å². The van der Waals surface area contributed by atoms with E-state index in [0.29, 0.717) is 0 Å². The third kappa shape index (κ3) is 2.50. The van der Waals surface area contributed by atoms with Crippen LogP contribution in [0.1, 0.15) is 12.0 Å². The lowest BCUT2D eigenvalue weighted by atomic mass is 10.2. The van der Waals surface area contributed by atoms with E-state index in [-0.39, 0.29) is 18.5 Å². The lowest BCUT2D eigenvalue weighted by Gasteiger charge is -2.24. The zero-order valence-electron chi connectivity index (χ0n) is 8.91. The van der Waals surface area contributed by atoms with Gasteiger partial charge in [-0.05, 0) is 19.1 Å². The normalized spacial score (nSPS) is 19.9. The number of hydrogen-bond acceptors (Lipinski definition) is 3. The Hall–Kier alpha value is -2.04.